The van der Waals surface area contributed by atoms with Gasteiger partial charge in [0.05, 0.1) is 17.7 Å². The van der Waals surface area contributed by atoms with Crippen LogP contribution in [0.5, 0.6) is 5.75 Å². The smallest absolute Gasteiger partial charge is 0.149 e. The molecule has 0 spiro atoms. The maximum Gasteiger partial charge on any atom is 0.149 e. The number of ether oxygens (including phenoxy) is 1. The number of anilines is 1. The Hall–Kier alpha value is -3.02. The van der Waals surface area contributed by atoms with Crippen molar-refractivity contribution in [1.29, 1.82) is 0 Å². The first-order valence-corrected chi connectivity index (χ1v) is 11.0. The van der Waals surface area contributed by atoms with Crippen LogP contribution >= 0.6 is 11.6 Å². The Balaban J connectivity index is 1.30. The molecule has 0 radical (unpaired) electrons. The van der Waals surface area contributed by atoms with Crippen LogP contribution in [0, 0.1) is 0 Å². The Kier molecular flexibility index (Phi) is 5.78. The highest BCUT2D eigenvalue weighted by atomic mass is 35.5. The van der Waals surface area contributed by atoms with Crippen LogP contribution in [0.15, 0.2) is 78.9 Å². The molecule has 5 nitrogen and oxygen atoms in total. The third-order valence-electron chi connectivity index (χ3n) is 5.73. The van der Waals surface area contributed by atoms with Gasteiger partial charge in [-0.15, -0.1) is 0 Å². The first kappa shape index (κ1) is 19.9. The van der Waals surface area contributed by atoms with Crippen molar-refractivity contribution in [2.45, 2.75) is 13.3 Å². The fraction of sp³-hybridized carbons (Fsp3) is 0.240. The highest BCUT2D eigenvalue weighted by Gasteiger charge is 2.20. The summed E-state index contributed by atoms with van der Waals surface area (Å²) in [5, 5.41) is 0.785. The third-order valence-corrected chi connectivity index (χ3v) is 5.97. The minimum Gasteiger partial charge on any atom is -0.486 e. The van der Waals surface area contributed by atoms with Crippen LogP contribution in [-0.4, -0.2) is 40.6 Å². The van der Waals surface area contributed by atoms with E-state index in [1.54, 1.807) is 0 Å². The number of imidazole rings is 1. The molecule has 0 unspecified atom stereocenters. The molecule has 1 aromatic heterocycles. The summed E-state index contributed by atoms with van der Waals surface area (Å²) in [5.41, 5.74) is 3.34. The van der Waals surface area contributed by atoms with Crippen LogP contribution in [0.25, 0.3) is 11.0 Å². The zero-order valence-electron chi connectivity index (χ0n) is 17.3. The Morgan fingerprint density at radius 2 is 1.61 bits per heavy atom. The van der Waals surface area contributed by atoms with Gasteiger partial charge in [0.2, 0.25) is 0 Å². The van der Waals surface area contributed by atoms with Crippen molar-refractivity contribution in [2.75, 3.05) is 31.1 Å². The van der Waals surface area contributed by atoms with Gasteiger partial charge in [0.25, 0.3) is 0 Å². The number of aromatic nitrogens is 2. The summed E-state index contributed by atoms with van der Waals surface area (Å²) in [5.74, 6) is 1.80. The molecule has 0 amide bonds. The number of hydrogen-bond donors (Lipinski definition) is 0. The summed E-state index contributed by atoms with van der Waals surface area (Å²) in [7, 11) is 0. The molecule has 1 aliphatic rings. The molecule has 31 heavy (non-hydrogen) atoms. The van der Waals surface area contributed by atoms with Gasteiger partial charge in [0.1, 0.15) is 18.2 Å². The minimum absolute atomic E-state index is 0.446. The lowest BCUT2D eigenvalue weighted by atomic mass is 10.2. The summed E-state index contributed by atoms with van der Waals surface area (Å²) in [4.78, 5) is 9.72. The van der Waals surface area contributed by atoms with E-state index in [1.165, 1.54) is 5.69 Å². The van der Waals surface area contributed by atoms with Crippen molar-refractivity contribution in [1.82, 2.24) is 14.5 Å². The van der Waals surface area contributed by atoms with Crippen molar-refractivity contribution < 1.29 is 4.74 Å². The first-order valence-electron chi connectivity index (χ1n) is 10.6. The zero-order valence-corrected chi connectivity index (χ0v) is 18.1. The molecular formula is C25H25ClN4O. The number of benzene rings is 3. The quantitative estimate of drug-likeness (QED) is 0.427. The number of fused-ring (bicyclic) bond motifs is 1. The van der Waals surface area contributed by atoms with Gasteiger partial charge in [-0.1, -0.05) is 48.0 Å². The second-order valence-corrected chi connectivity index (χ2v) is 8.21. The van der Waals surface area contributed by atoms with E-state index in [0.29, 0.717) is 6.61 Å². The van der Waals surface area contributed by atoms with E-state index < -0.39 is 0 Å². The largest absolute Gasteiger partial charge is 0.486 e. The lowest BCUT2D eigenvalue weighted by Crippen LogP contribution is -2.47. The third kappa shape index (κ3) is 4.53. The molecule has 1 aliphatic heterocycles. The van der Waals surface area contributed by atoms with E-state index in [2.05, 4.69) is 38.6 Å². The zero-order chi connectivity index (χ0) is 21.0. The van der Waals surface area contributed by atoms with E-state index in [9.17, 15) is 0 Å². The molecule has 6 heteroatoms. The predicted octanol–water partition coefficient (Wildman–Crippen LogP) is 5.05. The van der Waals surface area contributed by atoms with Gasteiger partial charge in [0, 0.05) is 36.9 Å². The first-order chi connectivity index (χ1) is 15.3. The van der Waals surface area contributed by atoms with E-state index in [1.807, 2.05) is 54.6 Å². The van der Waals surface area contributed by atoms with Gasteiger partial charge in [0.15, 0.2) is 0 Å². The molecule has 4 aromatic rings. The molecule has 0 aliphatic carbocycles. The number of hydrogen-bond acceptors (Lipinski definition) is 4. The summed E-state index contributed by atoms with van der Waals surface area (Å²) in [6.07, 6.45) is 0. The normalized spacial score (nSPS) is 14.8. The molecule has 3 aromatic carbocycles. The average molecular weight is 433 g/mol. The number of halogens is 1. The second-order valence-electron chi connectivity index (χ2n) is 7.77. The maximum atomic E-state index is 6.18. The highest BCUT2D eigenvalue weighted by molar-refractivity contribution is 6.30. The SMILES string of the molecule is Clc1cccc(N2CCN(Cn3c(COc4ccccc4)nc4ccccc43)CC2)c1. The van der Waals surface area contributed by atoms with E-state index >= 15 is 0 Å². The number of piperazine rings is 1. The van der Waals surface area contributed by atoms with Gasteiger partial charge < -0.3 is 14.2 Å². The average Bonchev–Trinajstić information content (AvgIpc) is 3.16. The summed E-state index contributed by atoms with van der Waals surface area (Å²) in [6, 6.07) is 26.3. The number of para-hydroxylation sites is 3. The molecule has 0 bridgehead atoms. The molecule has 0 N–H and O–H groups in total. The Morgan fingerprint density at radius 1 is 0.839 bits per heavy atom. The monoisotopic (exact) mass is 432 g/mol. The summed E-state index contributed by atoms with van der Waals surface area (Å²) in [6.45, 7) is 5.17. The van der Waals surface area contributed by atoms with Gasteiger partial charge in [-0.05, 0) is 42.5 Å². The Morgan fingerprint density at radius 3 is 2.42 bits per heavy atom. The van der Waals surface area contributed by atoms with Crippen molar-refractivity contribution in [2.24, 2.45) is 0 Å². The molecule has 5 rings (SSSR count). The van der Waals surface area contributed by atoms with Crippen molar-refractivity contribution in [3.8, 4) is 5.75 Å². The van der Waals surface area contributed by atoms with E-state index in [-0.39, 0.29) is 0 Å². The molecule has 1 fully saturated rings. The Bertz CT molecular complexity index is 1150. The minimum atomic E-state index is 0.446. The van der Waals surface area contributed by atoms with Gasteiger partial charge in [-0.25, -0.2) is 4.98 Å². The van der Waals surface area contributed by atoms with Crippen LogP contribution in [0.3, 0.4) is 0 Å². The van der Waals surface area contributed by atoms with Crippen molar-refractivity contribution >= 4 is 28.3 Å². The topological polar surface area (TPSA) is 33.5 Å². The van der Waals surface area contributed by atoms with Crippen molar-refractivity contribution in [3.05, 3.63) is 89.7 Å². The highest BCUT2D eigenvalue weighted by Crippen LogP contribution is 2.23. The van der Waals surface area contributed by atoms with Crippen LogP contribution in [0.1, 0.15) is 5.82 Å². The van der Waals surface area contributed by atoms with E-state index in [4.69, 9.17) is 21.3 Å². The van der Waals surface area contributed by atoms with Crippen LogP contribution in [0.4, 0.5) is 5.69 Å². The Labute approximate surface area is 187 Å². The predicted molar refractivity (Wildman–Crippen MR) is 126 cm³/mol. The molecule has 0 atom stereocenters. The van der Waals surface area contributed by atoms with Crippen LogP contribution in [-0.2, 0) is 13.3 Å². The number of rotatable bonds is 6. The fourth-order valence-corrected chi connectivity index (χ4v) is 4.26. The lowest BCUT2D eigenvalue weighted by molar-refractivity contribution is 0.198. The molecule has 1 saturated heterocycles. The van der Waals surface area contributed by atoms with Gasteiger partial charge >= 0.3 is 0 Å². The lowest BCUT2D eigenvalue weighted by Gasteiger charge is -2.36. The van der Waals surface area contributed by atoms with Crippen LogP contribution < -0.4 is 9.64 Å². The van der Waals surface area contributed by atoms with Gasteiger partial charge in [-0.3, -0.25) is 4.90 Å². The summed E-state index contributed by atoms with van der Waals surface area (Å²) >= 11 is 6.18. The standard InChI is InChI=1S/C25H25ClN4O/c26-20-7-6-8-21(17-20)29-15-13-28(14-16-29)19-30-24-12-5-4-11-23(24)27-25(30)18-31-22-9-2-1-3-10-22/h1-12,17H,13-16,18-19H2. The molecule has 158 valence electrons. The molecule has 0 saturated carbocycles. The summed E-state index contributed by atoms with van der Waals surface area (Å²) < 4.78 is 8.30. The second kappa shape index (κ2) is 9.00. The van der Waals surface area contributed by atoms with Crippen LogP contribution in [0.2, 0.25) is 5.02 Å². The molecular weight excluding hydrogens is 408 g/mol. The van der Waals surface area contributed by atoms with Crippen molar-refractivity contribution in [3.63, 3.8) is 0 Å². The fourth-order valence-electron chi connectivity index (χ4n) is 4.08. The van der Waals surface area contributed by atoms with E-state index in [0.717, 1.165) is 60.5 Å². The number of nitrogens with zero attached hydrogens (tertiary/aromatic N) is 4. The van der Waals surface area contributed by atoms with Gasteiger partial charge in [-0.2, -0.15) is 0 Å². The maximum absolute atomic E-state index is 6.18. The molecule has 2 heterocycles.